The van der Waals surface area contributed by atoms with E-state index in [-0.39, 0.29) is 29.8 Å². The van der Waals surface area contributed by atoms with Crippen molar-refractivity contribution >= 4 is 17.6 Å². The van der Waals surface area contributed by atoms with E-state index in [1.165, 1.54) is 18.2 Å². The highest BCUT2D eigenvalue weighted by Crippen LogP contribution is 2.32. The van der Waals surface area contributed by atoms with Gasteiger partial charge in [-0.25, -0.2) is 9.97 Å². The van der Waals surface area contributed by atoms with Gasteiger partial charge < -0.3 is 20.7 Å². The third kappa shape index (κ3) is 2.61. The molecule has 0 aliphatic carbocycles. The first-order chi connectivity index (χ1) is 10.5. The molecule has 120 valence electrons. The Hall–Kier alpha value is -2.22. The second kappa shape index (κ2) is 6.27. The highest BCUT2D eigenvalue weighted by Gasteiger charge is 2.50. The monoisotopic (exact) mass is 307 g/mol. The number of hydrogen-bond acceptors (Lipinski definition) is 6. The second-order valence-electron chi connectivity index (χ2n) is 5.32. The molecule has 2 heterocycles. The zero-order chi connectivity index (χ0) is 16.3. The van der Waals surface area contributed by atoms with Gasteiger partial charge in [-0.05, 0) is 19.8 Å². The number of nitrogens with one attached hydrogen (secondary N) is 1. The van der Waals surface area contributed by atoms with E-state index in [9.17, 15) is 9.59 Å². The van der Waals surface area contributed by atoms with Crippen LogP contribution >= 0.6 is 0 Å². The number of rotatable bonds is 4. The van der Waals surface area contributed by atoms with Gasteiger partial charge in [0.25, 0.3) is 5.91 Å². The number of ether oxygens (including phenoxy) is 1. The third-order valence-electron chi connectivity index (χ3n) is 3.94. The minimum Gasteiger partial charge on any atom is -0.383 e. The van der Waals surface area contributed by atoms with Crippen molar-refractivity contribution < 1.29 is 14.3 Å². The number of hydrogen-bond donors (Lipinski definition) is 2. The molecular formula is C14H21N5O3. The molecule has 0 saturated carbocycles. The zero-order valence-corrected chi connectivity index (χ0v) is 13.0. The SMILES string of the molecule is CNC(=O)C1(COC)CCCN1C(=O)c1cnc(C)nc1N. The first-order valence-corrected chi connectivity index (χ1v) is 7.08. The molecule has 0 aromatic carbocycles. The summed E-state index contributed by atoms with van der Waals surface area (Å²) in [5, 5.41) is 2.62. The van der Waals surface area contributed by atoms with Gasteiger partial charge in [0.1, 0.15) is 22.7 Å². The van der Waals surface area contributed by atoms with Crippen molar-refractivity contribution in [3.8, 4) is 0 Å². The summed E-state index contributed by atoms with van der Waals surface area (Å²) in [5.41, 5.74) is 5.02. The van der Waals surface area contributed by atoms with Gasteiger partial charge in [-0.1, -0.05) is 0 Å². The van der Waals surface area contributed by atoms with Crippen LogP contribution in [-0.2, 0) is 9.53 Å². The van der Waals surface area contributed by atoms with Crippen molar-refractivity contribution in [3.63, 3.8) is 0 Å². The van der Waals surface area contributed by atoms with Gasteiger partial charge in [-0.3, -0.25) is 9.59 Å². The van der Waals surface area contributed by atoms with Crippen LogP contribution in [0.15, 0.2) is 6.20 Å². The number of likely N-dealkylation sites (tertiary alicyclic amines) is 1. The van der Waals surface area contributed by atoms with Crippen molar-refractivity contribution in [1.29, 1.82) is 0 Å². The molecule has 1 aliphatic heterocycles. The quantitative estimate of drug-likeness (QED) is 0.792. The van der Waals surface area contributed by atoms with Gasteiger partial charge in [0.15, 0.2) is 0 Å². The molecule has 0 radical (unpaired) electrons. The summed E-state index contributed by atoms with van der Waals surface area (Å²) in [5.74, 6) is 0.0139. The van der Waals surface area contributed by atoms with Crippen molar-refractivity contribution in [2.45, 2.75) is 25.3 Å². The lowest BCUT2D eigenvalue weighted by Gasteiger charge is -2.36. The minimum atomic E-state index is -1.02. The van der Waals surface area contributed by atoms with Gasteiger partial charge in [-0.2, -0.15) is 0 Å². The summed E-state index contributed by atoms with van der Waals surface area (Å²) in [6, 6.07) is 0. The Morgan fingerprint density at radius 3 is 2.86 bits per heavy atom. The number of amides is 2. The van der Waals surface area contributed by atoms with E-state index in [1.807, 2.05) is 0 Å². The molecule has 1 saturated heterocycles. The predicted molar refractivity (Wildman–Crippen MR) is 80.1 cm³/mol. The molecule has 1 unspecified atom stereocenters. The molecule has 3 N–H and O–H groups in total. The number of likely N-dealkylation sites (N-methyl/N-ethyl adjacent to an activating group) is 1. The van der Waals surface area contributed by atoms with Crippen LogP contribution in [0.25, 0.3) is 0 Å². The van der Waals surface area contributed by atoms with Crippen LogP contribution in [0.4, 0.5) is 5.82 Å². The van der Waals surface area contributed by atoms with E-state index in [4.69, 9.17) is 10.5 Å². The van der Waals surface area contributed by atoms with E-state index in [1.54, 1.807) is 14.0 Å². The van der Waals surface area contributed by atoms with E-state index in [0.29, 0.717) is 18.8 Å². The Labute approximate surface area is 129 Å². The summed E-state index contributed by atoms with van der Waals surface area (Å²) in [4.78, 5) is 34.7. The van der Waals surface area contributed by atoms with Crippen LogP contribution in [0.3, 0.4) is 0 Å². The van der Waals surface area contributed by atoms with Gasteiger partial charge >= 0.3 is 0 Å². The fourth-order valence-corrected chi connectivity index (χ4v) is 2.90. The fraction of sp³-hybridized carbons (Fsp3) is 0.571. The second-order valence-corrected chi connectivity index (χ2v) is 5.32. The topological polar surface area (TPSA) is 110 Å². The van der Waals surface area contributed by atoms with Gasteiger partial charge in [-0.15, -0.1) is 0 Å². The molecule has 22 heavy (non-hydrogen) atoms. The molecular weight excluding hydrogens is 286 g/mol. The smallest absolute Gasteiger partial charge is 0.260 e. The Morgan fingerprint density at radius 1 is 1.55 bits per heavy atom. The molecule has 1 aromatic heterocycles. The number of carbonyl (C=O) groups is 2. The minimum absolute atomic E-state index is 0.118. The van der Waals surface area contributed by atoms with Crippen LogP contribution in [0.1, 0.15) is 29.0 Å². The maximum atomic E-state index is 12.8. The lowest BCUT2D eigenvalue weighted by molar-refractivity contribution is -0.133. The highest BCUT2D eigenvalue weighted by atomic mass is 16.5. The lowest BCUT2D eigenvalue weighted by atomic mass is 9.95. The van der Waals surface area contributed by atoms with Crippen LogP contribution in [0.5, 0.6) is 0 Å². The Kier molecular flexibility index (Phi) is 4.60. The molecule has 8 nitrogen and oxygen atoms in total. The van der Waals surface area contributed by atoms with Gasteiger partial charge in [0, 0.05) is 26.9 Å². The number of methoxy groups -OCH3 is 1. The molecule has 2 rings (SSSR count). The number of anilines is 1. The normalized spacial score (nSPS) is 21.0. The first kappa shape index (κ1) is 16.2. The van der Waals surface area contributed by atoms with E-state index >= 15 is 0 Å². The maximum absolute atomic E-state index is 12.8. The predicted octanol–water partition coefficient (Wildman–Crippen LogP) is -0.266. The highest BCUT2D eigenvalue weighted by molar-refractivity contribution is 6.02. The molecule has 8 heteroatoms. The van der Waals surface area contributed by atoms with Gasteiger partial charge in [0.05, 0.1) is 6.61 Å². The van der Waals surface area contributed by atoms with Crippen molar-refractivity contribution in [1.82, 2.24) is 20.2 Å². The van der Waals surface area contributed by atoms with E-state index in [2.05, 4.69) is 15.3 Å². The summed E-state index contributed by atoms with van der Waals surface area (Å²) < 4.78 is 5.20. The Morgan fingerprint density at radius 2 is 2.27 bits per heavy atom. The molecule has 1 atom stereocenters. The Balaban J connectivity index is 2.40. The number of aryl methyl sites for hydroxylation is 1. The van der Waals surface area contributed by atoms with Crippen molar-refractivity contribution in [3.05, 3.63) is 17.6 Å². The standard InChI is InChI=1S/C14H21N5O3/c1-9-17-7-10(11(15)18-9)12(20)19-6-4-5-14(19,8-22-3)13(21)16-2/h7H,4-6,8H2,1-3H3,(H,16,21)(H2,15,17,18). The fourth-order valence-electron chi connectivity index (χ4n) is 2.90. The summed E-state index contributed by atoms with van der Waals surface area (Å²) in [6.45, 7) is 2.29. The van der Waals surface area contributed by atoms with Gasteiger partial charge in [0.2, 0.25) is 5.91 Å². The lowest BCUT2D eigenvalue weighted by Crippen LogP contribution is -2.59. The van der Waals surface area contributed by atoms with Crippen molar-refractivity contribution in [2.75, 3.05) is 33.0 Å². The first-order valence-electron chi connectivity index (χ1n) is 7.08. The molecule has 0 spiro atoms. The van der Waals surface area contributed by atoms with E-state index in [0.717, 1.165) is 6.42 Å². The van der Waals surface area contributed by atoms with Crippen LogP contribution in [-0.4, -0.2) is 59.5 Å². The summed E-state index contributed by atoms with van der Waals surface area (Å²) >= 11 is 0. The molecule has 1 fully saturated rings. The van der Waals surface area contributed by atoms with Crippen molar-refractivity contribution in [2.24, 2.45) is 0 Å². The number of carbonyl (C=O) groups excluding carboxylic acids is 2. The largest absolute Gasteiger partial charge is 0.383 e. The molecule has 1 aliphatic rings. The average Bonchev–Trinajstić information content (AvgIpc) is 2.91. The number of nitrogens with zero attached hydrogens (tertiary/aromatic N) is 3. The number of nitrogens with two attached hydrogens (primary N) is 1. The number of aromatic nitrogens is 2. The van der Waals surface area contributed by atoms with E-state index < -0.39 is 5.54 Å². The molecule has 0 bridgehead atoms. The van der Waals surface area contributed by atoms with Crippen LogP contribution < -0.4 is 11.1 Å². The Bertz CT molecular complexity index is 592. The average molecular weight is 307 g/mol. The zero-order valence-electron chi connectivity index (χ0n) is 13.0. The maximum Gasteiger partial charge on any atom is 0.260 e. The third-order valence-corrected chi connectivity index (χ3v) is 3.94. The molecule has 1 aromatic rings. The van der Waals surface area contributed by atoms with Crippen LogP contribution in [0, 0.1) is 6.92 Å². The van der Waals surface area contributed by atoms with Crippen LogP contribution in [0.2, 0.25) is 0 Å². The summed E-state index contributed by atoms with van der Waals surface area (Å²) in [6.07, 6.45) is 2.66. The summed E-state index contributed by atoms with van der Waals surface area (Å²) in [7, 11) is 3.05. The molecule has 2 amide bonds. The number of nitrogen functional groups attached to an aromatic ring is 1.